The van der Waals surface area contributed by atoms with Crippen molar-refractivity contribution in [2.45, 2.75) is 51.3 Å². The van der Waals surface area contributed by atoms with E-state index >= 15 is 0 Å². The number of rotatable bonds is 7. The maximum absolute atomic E-state index is 9.86. The van der Waals surface area contributed by atoms with Crippen molar-refractivity contribution in [2.24, 2.45) is 0 Å². The number of hydrogen-bond acceptors (Lipinski definition) is 3. The zero-order valence-electron chi connectivity index (χ0n) is 11.3. The molecule has 2 rings (SSSR count). The first kappa shape index (κ1) is 13.4. The molecule has 0 radical (unpaired) electrons. The van der Waals surface area contributed by atoms with Gasteiger partial charge < -0.3 is 15.2 Å². The Morgan fingerprint density at radius 1 is 1.33 bits per heavy atom. The molecule has 1 unspecified atom stereocenters. The molecule has 1 atom stereocenters. The van der Waals surface area contributed by atoms with Crippen molar-refractivity contribution in [2.75, 3.05) is 6.61 Å². The Kier molecular flexibility index (Phi) is 4.25. The van der Waals surface area contributed by atoms with Gasteiger partial charge >= 0.3 is 0 Å². The van der Waals surface area contributed by atoms with Gasteiger partial charge in [0.2, 0.25) is 0 Å². The van der Waals surface area contributed by atoms with Gasteiger partial charge in [-0.3, -0.25) is 0 Å². The standard InChI is InChI=1S/C15H23NO2/c1-3-15(2,17)11-18-14-8-4-12(5-9-14)10-16-13-6-7-13/h4-5,8-9,13,16-17H,3,6-7,10-11H2,1-2H3. The quantitative estimate of drug-likeness (QED) is 0.780. The van der Waals surface area contributed by atoms with Gasteiger partial charge in [-0.05, 0) is 43.9 Å². The third-order valence-electron chi connectivity index (χ3n) is 3.41. The highest BCUT2D eigenvalue weighted by molar-refractivity contribution is 5.27. The van der Waals surface area contributed by atoms with Crippen LogP contribution in [0.15, 0.2) is 24.3 Å². The van der Waals surface area contributed by atoms with Crippen LogP contribution < -0.4 is 10.1 Å². The molecule has 1 aliphatic rings. The molecular weight excluding hydrogens is 226 g/mol. The molecular formula is C15H23NO2. The Balaban J connectivity index is 1.79. The van der Waals surface area contributed by atoms with E-state index in [-0.39, 0.29) is 0 Å². The van der Waals surface area contributed by atoms with Gasteiger partial charge in [0.15, 0.2) is 0 Å². The molecule has 3 nitrogen and oxygen atoms in total. The van der Waals surface area contributed by atoms with Crippen LogP contribution >= 0.6 is 0 Å². The molecule has 100 valence electrons. The Morgan fingerprint density at radius 2 is 2.00 bits per heavy atom. The van der Waals surface area contributed by atoms with Crippen LogP contribution in [-0.4, -0.2) is 23.4 Å². The van der Waals surface area contributed by atoms with E-state index in [0.717, 1.165) is 18.3 Å². The van der Waals surface area contributed by atoms with Crippen molar-refractivity contribution in [1.29, 1.82) is 0 Å². The van der Waals surface area contributed by atoms with Gasteiger partial charge in [0.1, 0.15) is 12.4 Å². The van der Waals surface area contributed by atoms with Crippen molar-refractivity contribution < 1.29 is 9.84 Å². The van der Waals surface area contributed by atoms with E-state index in [1.165, 1.54) is 18.4 Å². The number of hydrogen-bond donors (Lipinski definition) is 2. The van der Waals surface area contributed by atoms with Gasteiger partial charge in [0, 0.05) is 12.6 Å². The Bertz CT molecular complexity index is 369. The van der Waals surface area contributed by atoms with Crippen molar-refractivity contribution in [3.8, 4) is 5.75 Å². The van der Waals surface area contributed by atoms with Crippen LogP contribution in [0.4, 0.5) is 0 Å². The molecule has 1 aliphatic carbocycles. The van der Waals surface area contributed by atoms with Gasteiger partial charge in [-0.2, -0.15) is 0 Å². The summed E-state index contributed by atoms with van der Waals surface area (Å²) in [5.41, 5.74) is 0.531. The molecule has 1 aromatic carbocycles. The topological polar surface area (TPSA) is 41.5 Å². The molecule has 0 spiro atoms. The summed E-state index contributed by atoms with van der Waals surface area (Å²) in [7, 11) is 0. The maximum Gasteiger partial charge on any atom is 0.119 e. The lowest BCUT2D eigenvalue weighted by molar-refractivity contribution is 0.00846. The fourth-order valence-corrected chi connectivity index (χ4v) is 1.59. The maximum atomic E-state index is 9.86. The largest absolute Gasteiger partial charge is 0.491 e. The molecule has 1 aromatic rings. The minimum Gasteiger partial charge on any atom is -0.491 e. The predicted octanol–water partition coefficient (Wildman–Crippen LogP) is 2.48. The summed E-state index contributed by atoms with van der Waals surface area (Å²) in [5, 5.41) is 13.3. The molecule has 0 aliphatic heterocycles. The first-order valence-corrected chi connectivity index (χ1v) is 6.76. The lowest BCUT2D eigenvalue weighted by atomic mass is 10.1. The minimum atomic E-state index is -0.744. The van der Waals surface area contributed by atoms with E-state index in [0.29, 0.717) is 13.0 Å². The van der Waals surface area contributed by atoms with Crippen LogP contribution in [0.3, 0.4) is 0 Å². The molecule has 18 heavy (non-hydrogen) atoms. The second-order valence-electron chi connectivity index (χ2n) is 5.44. The van der Waals surface area contributed by atoms with E-state index in [1.54, 1.807) is 6.92 Å². The summed E-state index contributed by atoms with van der Waals surface area (Å²) < 4.78 is 5.58. The van der Waals surface area contributed by atoms with Crippen molar-refractivity contribution in [3.05, 3.63) is 29.8 Å². The van der Waals surface area contributed by atoms with Crippen LogP contribution in [0.25, 0.3) is 0 Å². The van der Waals surface area contributed by atoms with E-state index in [9.17, 15) is 5.11 Å². The Hall–Kier alpha value is -1.06. The lowest BCUT2D eigenvalue weighted by Gasteiger charge is -2.21. The summed E-state index contributed by atoms with van der Waals surface area (Å²) in [5.74, 6) is 0.818. The van der Waals surface area contributed by atoms with Gasteiger partial charge in [-0.1, -0.05) is 19.1 Å². The second-order valence-corrected chi connectivity index (χ2v) is 5.44. The molecule has 0 aromatic heterocycles. The van der Waals surface area contributed by atoms with E-state index < -0.39 is 5.60 Å². The third kappa shape index (κ3) is 4.31. The lowest BCUT2D eigenvalue weighted by Crippen LogP contribution is -2.31. The van der Waals surface area contributed by atoms with Crippen LogP contribution in [0.1, 0.15) is 38.7 Å². The monoisotopic (exact) mass is 249 g/mol. The first-order valence-electron chi connectivity index (χ1n) is 6.76. The predicted molar refractivity (Wildman–Crippen MR) is 72.7 cm³/mol. The average Bonchev–Trinajstić information content (AvgIpc) is 3.19. The zero-order valence-corrected chi connectivity index (χ0v) is 11.3. The molecule has 3 heteroatoms. The molecule has 0 bridgehead atoms. The van der Waals surface area contributed by atoms with Crippen molar-refractivity contribution in [1.82, 2.24) is 5.32 Å². The van der Waals surface area contributed by atoms with Gasteiger partial charge in [0.25, 0.3) is 0 Å². The smallest absolute Gasteiger partial charge is 0.119 e. The number of benzene rings is 1. The van der Waals surface area contributed by atoms with Gasteiger partial charge in [-0.25, -0.2) is 0 Å². The minimum absolute atomic E-state index is 0.336. The van der Waals surface area contributed by atoms with E-state index in [1.807, 2.05) is 19.1 Å². The highest BCUT2D eigenvalue weighted by atomic mass is 16.5. The van der Waals surface area contributed by atoms with Crippen molar-refractivity contribution >= 4 is 0 Å². The summed E-state index contributed by atoms with van der Waals surface area (Å²) >= 11 is 0. The molecule has 2 N–H and O–H groups in total. The molecule has 1 saturated carbocycles. The number of aliphatic hydroxyl groups is 1. The van der Waals surface area contributed by atoms with Crippen molar-refractivity contribution in [3.63, 3.8) is 0 Å². The summed E-state index contributed by atoms with van der Waals surface area (Å²) in [4.78, 5) is 0. The fraction of sp³-hybridized carbons (Fsp3) is 0.600. The highest BCUT2D eigenvalue weighted by Gasteiger charge is 2.20. The fourth-order valence-electron chi connectivity index (χ4n) is 1.59. The SMILES string of the molecule is CCC(C)(O)COc1ccc(CNC2CC2)cc1. The van der Waals surface area contributed by atoms with E-state index in [4.69, 9.17) is 4.74 Å². The van der Waals surface area contributed by atoms with E-state index in [2.05, 4.69) is 17.4 Å². The molecule has 0 saturated heterocycles. The Morgan fingerprint density at radius 3 is 2.56 bits per heavy atom. The summed E-state index contributed by atoms with van der Waals surface area (Å²) in [6.45, 7) is 5.01. The third-order valence-corrected chi connectivity index (χ3v) is 3.41. The summed E-state index contributed by atoms with van der Waals surface area (Å²) in [6.07, 6.45) is 3.32. The second kappa shape index (κ2) is 5.72. The molecule has 0 amide bonds. The molecule has 1 fully saturated rings. The normalized spacial score (nSPS) is 18.4. The average molecular weight is 249 g/mol. The van der Waals surface area contributed by atoms with Gasteiger partial charge in [0.05, 0.1) is 5.60 Å². The van der Waals surface area contributed by atoms with Crippen LogP contribution in [0.2, 0.25) is 0 Å². The van der Waals surface area contributed by atoms with Crippen LogP contribution in [-0.2, 0) is 6.54 Å². The molecule has 0 heterocycles. The van der Waals surface area contributed by atoms with Crippen LogP contribution in [0, 0.1) is 0 Å². The van der Waals surface area contributed by atoms with Gasteiger partial charge in [-0.15, -0.1) is 0 Å². The zero-order chi connectivity index (χ0) is 13.0. The summed E-state index contributed by atoms with van der Waals surface area (Å²) in [6, 6.07) is 8.82. The Labute approximate surface area is 109 Å². The highest BCUT2D eigenvalue weighted by Crippen LogP contribution is 2.20. The first-order chi connectivity index (χ1) is 8.59. The van der Waals surface area contributed by atoms with Crippen LogP contribution in [0.5, 0.6) is 5.75 Å². The number of nitrogens with one attached hydrogen (secondary N) is 1. The number of ether oxygens (including phenoxy) is 1.